The van der Waals surface area contributed by atoms with Gasteiger partial charge in [-0.3, -0.25) is 9.69 Å². The molecule has 1 fully saturated rings. The summed E-state index contributed by atoms with van der Waals surface area (Å²) in [5.41, 5.74) is 0.481. The molecule has 11 heteroatoms. The van der Waals surface area contributed by atoms with E-state index in [1.165, 1.54) is 17.6 Å². The molecule has 0 bridgehead atoms. The average molecular weight is 537 g/mol. The van der Waals surface area contributed by atoms with Crippen molar-refractivity contribution in [2.45, 2.75) is 38.6 Å². The predicted molar refractivity (Wildman–Crippen MR) is 142 cm³/mol. The molecule has 0 aliphatic carbocycles. The highest BCUT2D eigenvalue weighted by molar-refractivity contribution is 5.91. The first kappa shape index (κ1) is 25.8. The van der Waals surface area contributed by atoms with Gasteiger partial charge in [0.25, 0.3) is 5.56 Å². The van der Waals surface area contributed by atoms with Crippen LogP contribution in [0.4, 0.5) is 0 Å². The third kappa shape index (κ3) is 4.08. The zero-order valence-electron chi connectivity index (χ0n) is 22.1. The number of nitrogens with zero attached hydrogens (tertiary/aromatic N) is 4. The molecule has 0 radical (unpaired) electrons. The Morgan fingerprint density at radius 2 is 1.77 bits per heavy atom. The van der Waals surface area contributed by atoms with Crippen LogP contribution in [0.5, 0.6) is 11.5 Å². The standard InChI is InChI=1S/C28H32N4O7/c1-3-28(37,27(35)36)20-11-22-25-18(14-32(22)26(34)19(20)15-33)17(13-31-6-4-30(2)5-7-31)16-10-23-24(12-21(16)29-25)39-9-8-38-23/h10-12,33,37H,3-9,13-15H2,1-2H3,(H,35,36)/t28-/m0/s1. The lowest BCUT2D eigenvalue weighted by atomic mass is 9.87. The molecule has 0 spiro atoms. The maximum absolute atomic E-state index is 13.6. The van der Waals surface area contributed by atoms with Crippen LogP contribution in [0.15, 0.2) is 23.0 Å². The fraction of sp³-hybridized carbons (Fsp3) is 0.464. The van der Waals surface area contributed by atoms with Crippen molar-refractivity contribution in [3.63, 3.8) is 0 Å². The number of aromatic nitrogens is 2. The molecule has 39 heavy (non-hydrogen) atoms. The average Bonchev–Trinajstić information content (AvgIpc) is 3.31. The number of aliphatic hydroxyl groups excluding tert-OH is 1. The molecule has 0 unspecified atom stereocenters. The first-order chi connectivity index (χ1) is 18.7. The number of carbonyl (C=O) groups is 1. The fourth-order valence-electron chi connectivity index (χ4n) is 5.88. The zero-order valence-corrected chi connectivity index (χ0v) is 22.1. The van der Waals surface area contributed by atoms with Crippen LogP contribution >= 0.6 is 0 Å². The van der Waals surface area contributed by atoms with Crippen LogP contribution in [-0.4, -0.2) is 87.1 Å². The molecule has 3 N–H and O–H groups in total. The van der Waals surface area contributed by atoms with Crippen molar-refractivity contribution in [1.82, 2.24) is 19.4 Å². The Kier molecular flexibility index (Phi) is 6.34. The van der Waals surface area contributed by atoms with Crippen LogP contribution in [0.2, 0.25) is 0 Å². The summed E-state index contributed by atoms with van der Waals surface area (Å²) < 4.78 is 13.2. The van der Waals surface area contributed by atoms with Gasteiger partial charge in [-0.25, -0.2) is 9.78 Å². The summed E-state index contributed by atoms with van der Waals surface area (Å²) in [4.78, 5) is 35.3. The third-order valence-electron chi connectivity index (χ3n) is 8.27. The van der Waals surface area contributed by atoms with E-state index >= 15 is 0 Å². The minimum atomic E-state index is -2.32. The summed E-state index contributed by atoms with van der Waals surface area (Å²) in [5.74, 6) is -0.222. The van der Waals surface area contributed by atoms with Crippen molar-refractivity contribution < 1.29 is 29.6 Å². The quantitative estimate of drug-likeness (QED) is 0.329. The van der Waals surface area contributed by atoms with Gasteiger partial charge in [0.1, 0.15) is 13.2 Å². The number of aliphatic carboxylic acids is 1. The van der Waals surface area contributed by atoms with E-state index in [9.17, 15) is 24.9 Å². The van der Waals surface area contributed by atoms with Gasteiger partial charge < -0.3 is 34.3 Å². The highest BCUT2D eigenvalue weighted by Gasteiger charge is 2.41. The lowest BCUT2D eigenvalue weighted by Gasteiger charge is -2.33. The van der Waals surface area contributed by atoms with Gasteiger partial charge in [0.05, 0.1) is 30.1 Å². The molecule has 2 aromatic heterocycles. The first-order valence-electron chi connectivity index (χ1n) is 13.2. The topological polar surface area (TPSA) is 138 Å². The molecule has 206 valence electrons. The zero-order chi connectivity index (χ0) is 27.5. The fourth-order valence-corrected chi connectivity index (χ4v) is 5.88. The highest BCUT2D eigenvalue weighted by atomic mass is 16.6. The van der Waals surface area contributed by atoms with Crippen LogP contribution in [0.3, 0.4) is 0 Å². The lowest BCUT2D eigenvalue weighted by Crippen LogP contribution is -2.44. The van der Waals surface area contributed by atoms with E-state index in [0.29, 0.717) is 48.2 Å². The number of pyridine rings is 2. The van der Waals surface area contributed by atoms with Gasteiger partial charge in [-0.05, 0) is 31.2 Å². The Morgan fingerprint density at radius 3 is 2.41 bits per heavy atom. The Morgan fingerprint density at radius 1 is 1.08 bits per heavy atom. The second kappa shape index (κ2) is 9.60. The monoisotopic (exact) mass is 536 g/mol. The molecular formula is C28H32N4O7. The number of hydrogen-bond acceptors (Lipinski definition) is 9. The molecule has 6 rings (SSSR count). The summed E-state index contributed by atoms with van der Waals surface area (Å²) >= 11 is 0. The normalized spacial score (nSPS) is 18.6. The van der Waals surface area contributed by atoms with Crippen LogP contribution in [-0.2, 0) is 30.1 Å². The molecule has 3 aliphatic heterocycles. The molecule has 1 atom stereocenters. The van der Waals surface area contributed by atoms with E-state index in [4.69, 9.17) is 14.5 Å². The third-order valence-corrected chi connectivity index (χ3v) is 8.27. The Balaban J connectivity index is 1.58. The number of benzene rings is 1. The largest absolute Gasteiger partial charge is 0.486 e. The number of carboxylic acids is 1. The van der Waals surface area contributed by atoms with Gasteiger partial charge in [0, 0.05) is 60.9 Å². The molecule has 3 aromatic rings. The summed E-state index contributed by atoms with van der Waals surface area (Å²) in [7, 11) is 2.11. The van der Waals surface area contributed by atoms with E-state index in [2.05, 4.69) is 16.8 Å². The van der Waals surface area contributed by atoms with E-state index in [1.807, 2.05) is 12.1 Å². The van der Waals surface area contributed by atoms with Gasteiger partial charge >= 0.3 is 5.97 Å². The van der Waals surface area contributed by atoms with Crippen LogP contribution in [0.25, 0.3) is 22.3 Å². The van der Waals surface area contributed by atoms with Gasteiger partial charge in [0.15, 0.2) is 17.1 Å². The van der Waals surface area contributed by atoms with E-state index < -0.39 is 23.7 Å². The first-order valence-corrected chi connectivity index (χ1v) is 13.2. The van der Waals surface area contributed by atoms with Crippen molar-refractivity contribution in [2.24, 2.45) is 0 Å². The smallest absolute Gasteiger partial charge is 0.340 e. The Bertz CT molecular complexity index is 1540. The number of fused-ring (bicyclic) bond motifs is 5. The number of aliphatic hydroxyl groups is 2. The molecule has 0 amide bonds. The molecule has 1 aromatic carbocycles. The molecular weight excluding hydrogens is 504 g/mol. The molecule has 1 saturated heterocycles. The maximum atomic E-state index is 13.6. The molecule has 5 heterocycles. The van der Waals surface area contributed by atoms with Gasteiger partial charge in [-0.2, -0.15) is 0 Å². The number of carboxylic acid groups (broad SMARTS) is 1. The number of piperazine rings is 1. The number of hydrogen-bond donors (Lipinski definition) is 3. The summed E-state index contributed by atoms with van der Waals surface area (Å²) in [6.45, 7) is 6.30. The highest BCUT2D eigenvalue weighted by Crippen LogP contribution is 2.42. The number of likely N-dealkylation sites (N-methyl/N-ethyl adjacent to an activating group) is 1. The van der Waals surface area contributed by atoms with Crippen molar-refractivity contribution in [3.8, 4) is 22.9 Å². The van der Waals surface area contributed by atoms with Crippen molar-refractivity contribution in [2.75, 3.05) is 46.4 Å². The number of ether oxygens (including phenoxy) is 2. The Labute approximate surface area is 224 Å². The SMILES string of the molecule is CC[C@@](O)(C(=O)O)c1cc2n(c(=O)c1CO)Cc1c-2nc2cc3c(cc2c1CN1CCN(C)CC1)OCCO3. The minimum absolute atomic E-state index is 0.103. The second-order valence-corrected chi connectivity index (χ2v) is 10.5. The molecule has 0 saturated carbocycles. The molecule has 3 aliphatic rings. The van der Waals surface area contributed by atoms with Gasteiger partial charge in [-0.1, -0.05) is 6.92 Å². The second-order valence-electron chi connectivity index (χ2n) is 10.5. The lowest BCUT2D eigenvalue weighted by molar-refractivity contribution is -0.160. The summed E-state index contributed by atoms with van der Waals surface area (Å²) in [6, 6.07) is 5.31. The van der Waals surface area contributed by atoms with Gasteiger partial charge in [-0.15, -0.1) is 0 Å². The van der Waals surface area contributed by atoms with E-state index in [-0.39, 0.29) is 24.1 Å². The van der Waals surface area contributed by atoms with Crippen LogP contribution in [0.1, 0.15) is 35.6 Å². The summed E-state index contributed by atoms with van der Waals surface area (Å²) in [5, 5.41) is 31.9. The van der Waals surface area contributed by atoms with E-state index in [1.54, 1.807) is 0 Å². The van der Waals surface area contributed by atoms with E-state index in [0.717, 1.165) is 42.7 Å². The van der Waals surface area contributed by atoms with Crippen LogP contribution in [0, 0.1) is 0 Å². The van der Waals surface area contributed by atoms with Crippen molar-refractivity contribution in [1.29, 1.82) is 0 Å². The summed E-state index contributed by atoms with van der Waals surface area (Å²) in [6.07, 6.45) is -0.172. The van der Waals surface area contributed by atoms with Crippen LogP contribution < -0.4 is 15.0 Å². The minimum Gasteiger partial charge on any atom is -0.486 e. The predicted octanol–water partition coefficient (Wildman–Crippen LogP) is 1.12. The maximum Gasteiger partial charge on any atom is 0.340 e. The Hall–Kier alpha value is -3.51. The molecule has 11 nitrogen and oxygen atoms in total. The van der Waals surface area contributed by atoms with Gasteiger partial charge in [0.2, 0.25) is 0 Å². The van der Waals surface area contributed by atoms with Crippen molar-refractivity contribution in [3.05, 3.63) is 50.8 Å². The van der Waals surface area contributed by atoms with Crippen molar-refractivity contribution >= 4 is 16.9 Å². The number of rotatable bonds is 6.